The van der Waals surface area contributed by atoms with E-state index in [-0.39, 0.29) is 18.2 Å². The van der Waals surface area contributed by atoms with Gasteiger partial charge in [-0.15, -0.1) is 11.3 Å². The number of ether oxygens (including phenoxy) is 2. The number of hydrogen-bond acceptors (Lipinski definition) is 7. The highest BCUT2D eigenvalue weighted by atomic mass is 32.1. The van der Waals surface area contributed by atoms with Gasteiger partial charge in [0.05, 0.1) is 12.8 Å². The van der Waals surface area contributed by atoms with E-state index in [2.05, 4.69) is 9.97 Å². The summed E-state index contributed by atoms with van der Waals surface area (Å²) in [5, 5.41) is 13.8. The number of methoxy groups -OCH3 is 1. The van der Waals surface area contributed by atoms with Crippen molar-refractivity contribution in [3.05, 3.63) is 63.3 Å². The first-order valence-corrected chi connectivity index (χ1v) is 8.28. The Morgan fingerprint density at radius 3 is 2.60 bits per heavy atom. The zero-order valence-corrected chi connectivity index (χ0v) is 14.4. The number of thiazole rings is 1. The Morgan fingerprint density at radius 2 is 1.92 bits per heavy atom. The van der Waals surface area contributed by atoms with Crippen LogP contribution in [-0.2, 0) is 6.61 Å². The van der Waals surface area contributed by atoms with E-state index in [1.54, 1.807) is 26.2 Å². The molecule has 0 saturated heterocycles. The molecule has 0 saturated carbocycles. The molecular formula is C17H15N3O4S. The second kappa shape index (κ2) is 7.27. The van der Waals surface area contributed by atoms with Crippen LogP contribution in [0.1, 0.15) is 11.4 Å². The summed E-state index contributed by atoms with van der Waals surface area (Å²) in [5.41, 5.74) is 2.24. The van der Waals surface area contributed by atoms with Crippen molar-refractivity contribution in [1.82, 2.24) is 9.97 Å². The topological polar surface area (TPSA) is 87.4 Å². The molecule has 0 N–H and O–H groups in total. The minimum absolute atomic E-state index is 0.134. The number of aryl methyl sites for hydroxylation is 1. The third kappa shape index (κ3) is 3.92. The van der Waals surface area contributed by atoms with E-state index in [1.165, 1.54) is 11.3 Å². The lowest BCUT2D eigenvalue weighted by molar-refractivity contribution is -0.390. The van der Waals surface area contributed by atoms with Gasteiger partial charge in [0.2, 0.25) is 5.75 Å². The maximum Gasteiger partial charge on any atom is 0.406 e. The first-order valence-electron chi connectivity index (χ1n) is 7.40. The molecule has 25 heavy (non-hydrogen) atoms. The van der Waals surface area contributed by atoms with Gasteiger partial charge in [-0.3, -0.25) is 0 Å². The SMILES string of the molecule is COc1ccc(-c2nc(COc3ccc(C)nc3[N+](=O)[O-])cs2)cc1. The molecule has 0 fully saturated rings. The van der Waals surface area contributed by atoms with Crippen molar-refractivity contribution >= 4 is 17.2 Å². The molecule has 1 aromatic carbocycles. The van der Waals surface area contributed by atoms with Gasteiger partial charge in [-0.05, 0) is 46.3 Å². The molecule has 3 aromatic rings. The molecule has 0 aliphatic heterocycles. The summed E-state index contributed by atoms with van der Waals surface area (Å²) in [7, 11) is 1.62. The van der Waals surface area contributed by atoms with E-state index in [1.807, 2.05) is 29.6 Å². The number of hydrogen-bond donors (Lipinski definition) is 0. The standard InChI is InChI=1S/C17H15N3O4S/c1-11-3-8-15(16(18-11)20(21)22)24-9-13-10-25-17(19-13)12-4-6-14(23-2)7-5-12/h3-8,10H,9H2,1-2H3. The van der Waals surface area contributed by atoms with E-state index in [0.29, 0.717) is 11.4 Å². The van der Waals surface area contributed by atoms with Gasteiger partial charge in [0.15, 0.2) is 0 Å². The number of pyridine rings is 1. The first-order chi connectivity index (χ1) is 12.1. The number of benzene rings is 1. The molecule has 8 heteroatoms. The molecule has 0 unspecified atom stereocenters. The second-order valence-electron chi connectivity index (χ2n) is 5.19. The van der Waals surface area contributed by atoms with Crippen molar-refractivity contribution < 1.29 is 14.4 Å². The predicted molar refractivity (Wildman–Crippen MR) is 94.1 cm³/mol. The van der Waals surface area contributed by atoms with Crippen molar-refractivity contribution in [2.45, 2.75) is 13.5 Å². The molecule has 128 valence electrons. The van der Waals surface area contributed by atoms with E-state index in [0.717, 1.165) is 16.3 Å². The van der Waals surface area contributed by atoms with Crippen LogP contribution in [0.15, 0.2) is 41.8 Å². The summed E-state index contributed by atoms with van der Waals surface area (Å²) in [5.74, 6) is 0.628. The Balaban J connectivity index is 1.73. The highest BCUT2D eigenvalue weighted by molar-refractivity contribution is 7.13. The molecule has 0 atom stereocenters. The lowest BCUT2D eigenvalue weighted by Gasteiger charge is -2.04. The molecule has 0 radical (unpaired) electrons. The maximum atomic E-state index is 11.1. The Labute approximate surface area is 148 Å². The fourth-order valence-electron chi connectivity index (χ4n) is 2.16. The van der Waals surface area contributed by atoms with Gasteiger partial charge in [0.25, 0.3) is 0 Å². The summed E-state index contributed by atoms with van der Waals surface area (Å²) in [6, 6.07) is 10.8. The zero-order valence-electron chi connectivity index (χ0n) is 13.6. The minimum Gasteiger partial charge on any atom is -0.497 e. The third-order valence-corrected chi connectivity index (χ3v) is 4.36. The van der Waals surface area contributed by atoms with Crippen LogP contribution < -0.4 is 9.47 Å². The summed E-state index contributed by atoms with van der Waals surface area (Å²) < 4.78 is 10.7. The average molecular weight is 357 g/mol. The van der Waals surface area contributed by atoms with Crippen molar-refractivity contribution in [2.24, 2.45) is 0 Å². The van der Waals surface area contributed by atoms with Crippen LogP contribution >= 0.6 is 11.3 Å². The summed E-state index contributed by atoms with van der Waals surface area (Å²) in [6.07, 6.45) is 0. The van der Waals surface area contributed by atoms with Gasteiger partial charge in [-0.2, -0.15) is 0 Å². The molecule has 0 aliphatic carbocycles. The Bertz CT molecular complexity index is 893. The van der Waals surface area contributed by atoms with Crippen LogP contribution in [0.3, 0.4) is 0 Å². The fraction of sp³-hybridized carbons (Fsp3) is 0.176. The number of nitro groups is 1. The molecule has 2 heterocycles. The molecular weight excluding hydrogens is 342 g/mol. The average Bonchev–Trinajstić information content (AvgIpc) is 3.09. The molecule has 0 bridgehead atoms. The van der Waals surface area contributed by atoms with Gasteiger partial charge >= 0.3 is 5.82 Å². The number of aromatic nitrogens is 2. The van der Waals surface area contributed by atoms with Crippen LogP contribution in [0.4, 0.5) is 5.82 Å². The monoisotopic (exact) mass is 357 g/mol. The molecule has 0 spiro atoms. The van der Waals surface area contributed by atoms with Crippen LogP contribution in [0.5, 0.6) is 11.5 Å². The lowest BCUT2D eigenvalue weighted by atomic mass is 10.2. The van der Waals surface area contributed by atoms with Gasteiger partial charge in [-0.1, -0.05) is 0 Å². The molecule has 7 nitrogen and oxygen atoms in total. The fourth-order valence-corrected chi connectivity index (χ4v) is 2.98. The molecule has 3 rings (SSSR count). The number of rotatable bonds is 6. The van der Waals surface area contributed by atoms with Crippen molar-refractivity contribution in [1.29, 1.82) is 0 Å². The van der Waals surface area contributed by atoms with E-state index < -0.39 is 4.92 Å². The smallest absolute Gasteiger partial charge is 0.406 e. The zero-order chi connectivity index (χ0) is 17.8. The van der Waals surface area contributed by atoms with Crippen LogP contribution in [-0.4, -0.2) is 22.0 Å². The van der Waals surface area contributed by atoms with E-state index in [9.17, 15) is 10.1 Å². The predicted octanol–water partition coefficient (Wildman–Crippen LogP) is 4.01. The molecule has 0 amide bonds. The quantitative estimate of drug-likeness (QED) is 0.489. The Kier molecular flexibility index (Phi) is 4.90. The third-order valence-electron chi connectivity index (χ3n) is 3.42. The maximum absolute atomic E-state index is 11.1. The highest BCUT2D eigenvalue weighted by Crippen LogP contribution is 2.28. The van der Waals surface area contributed by atoms with Crippen LogP contribution in [0.2, 0.25) is 0 Å². The summed E-state index contributed by atoms with van der Waals surface area (Å²) in [6.45, 7) is 1.83. The largest absolute Gasteiger partial charge is 0.497 e. The van der Waals surface area contributed by atoms with E-state index >= 15 is 0 Å². The first kappa shape index (κ1) is 16.8. The van der Waals surface area contributed by atoms with Crippen LogP contribution in [0.25, 0.3) is 10.6 Å². The summed E-state index contributed by atoms with van der Waals surface area (Å²) in [4.78, 5) is 18.9. The van der Waals surface area contributed by atoms with Crippen molar-refractivity contribution in [3.8, 4) is 22.1 Å². The van der Waals surface area contributed by atoms with Crippen molar-refractivity contribution in [2.75, 3.05) is 7.11 Å². The van der Waals surface area contributed by atoms with Gasteiger partial charge in [0.1, 0.15) is 23.1 Å². The molecule has 0 aliphatic rings. The minimum atomic E-state index is -0.549. The highest BCUT2D eigenvalue weighted by Gasteiger charge is 2.18. The normalized spacial score (nSPS) is 10.5. The second-order valence-corrected chi connectivity index (χ2v) is 6.05. The lowest BCUT2D eigenvalue weighted by Crippen LogP contribution is -2.02. The van der Waals surface area contributed by atoms with E-state index in [4.69, 9.17) is 9.47 Å². The van der Waals surface area contributed by atoms with Gasteiger partial charge < -0.3 is 19.6 Å². The Morgan fingerprint density at radius 1 is 1.16 bits per heavy atom. The number of nitrogens with zero attached hydrogens (tertiary/aromatic N) is 3. The van der Waals surface area contributed by atoms with Gasteiger partial charge in [-0.25, -0.2) is 4.98 Å². The van der Waals surface area contributed by atoms with Crippen LogP contribution in [0, 0.1) is 17.0 Å². The van der Waals surface area contributed by atoms with Crippen molar-refractivity contribution in [3.63, 3.8) is 0 Å². The molecule has 2 aromatic heterocycles. The Hall–Kier alpha value is -3.00. The summed E-state index contributed by atoms with van der Waals surface area (Å²) >= 11 is 1.48. The van der Waals surface area contributed by atoms with Gasteiger partial charge in [0, 0.05) is 17.9 Å².